The lowest BCUT2D eigenvalue weighted by Gasteiger charge is -2.16. The van der Waals surface area contributed by atoms with Gasteiger partial charge in [-0.3, -0.25) is 15.6 Å². The van der Waals surface area contributed by atoms with Gasteiger partial charge in [-0.1, -0.05) is 31.5 Å². The molecule has 1 fully saturated rings. The molecule has 0 spiro atoms. The van der Waals surface area contributed by atoms with E-state index in [-0.39, 0.29) is 17.9 Å². The van der Waals surface area contributed by atoms with E-state index in [2.05, 4.69) is 29.2 Å². The molecule has 4 nitrogen and oxygen atoms in total. The van der Waals surface area contributed by atoms with Crippen LogP contribution in [0.4, 0.5) is 5.69 Å². The van der Waals surface area contributed by atoms with Crippen molar-refractivity contribution >= 4 is 11.6 Å². The molecule has 1 heterocycles. The predicted molar refractivity (Wildman–Crippen MR) is 73.2 cm³/mol. The fraction of sp³-hybridized carbons (Fsp3) is 0.500. The fourth-order valence-corrected chi connectivity index (χ4v) is 2.28. The van der Waals surface area contributed by atoms with Crippen LogP contribution in [0.5, 0.6) is 0 Å². The Hall–Kier alpha value is -1.39. The first-order valence-electron chi connectivity index (χ1n) is 6.59. The van der Waals surface area contributed by atoms with Gasteiger partial charge < -0.3 is 5.32 Å². The van der Waals surface area contributed by atoms with E-state index in [0.29, 0.717) is 6.54 Å². The maximum atomic E-state index is 12.2. The van der Waals surface area contributed by atoms with Crippen molar-refractivity contribution in [3.63, 3.8) is 0 Å². The summed E-state index contributed by atoms with van der Waals surface area (Å²) in [4.78, 5) is 12.2. The molecule has 1 amide bonds. The summed E-state index contributed by atoms with van der Waals surface area (Å²) in [5, 5.41) is 3.05. The van der Waals surface area contributed by atoms with Gasteiger partial charge >= 0.3 is 0 Å². The summed E-state index contributed by atoms with van der Waals surface area (Å²) >= 11 is 0. The van der Waals surface area contributed by atoms with Gasteiger partial charge in [-0.15, -0.1) is 0 Å². The van der Waals surface area contributed by atoms with Crippen molar-refractivity contribution in [3.05, 3.63) is 29.8 Å². The number of amides is 1. The lowest BCUT2D eigenvalue weighted by molar-refractivity contribution is -0.119. The van der Waals surface area contributed by atoms with Crippen LogP contribution in [0.1, 0.15) is 25.8 Å². The molecular formula is C14H21N3O. The number of carbonyl (C=O) groups is 1. The normalized spacial score (nSPS) is 23.0. The SMILES string of the molecule is CCCc1ccccc1NC(=O)C1CNNC1C. The summed E-state index contributed by atoms with van der Waals surface area (Å²) in [7, 11) is 0. The molecule has 0 aliphatic carbocycles. The van der Waals surface area contributed by atoms with E-state index in [1.807, 2.05) is 25.1 Å². The second-order valence-electron chi connectivity index (χ2n) is 4.82. The lowest BCUT2D eigenvalue weighted by atomic mass is 10.0. The van der Waals surface area contributed by atoms with Gasteiger partial charge in [0.15, 0.2) is 0 Å². The summed E-state index contributed by atoms with van der Waals surface area (Å²) in [6, 6.07) is 8.20. The average molecular weight is 247 g/mol. The molecule has 2 atom stereocenters. The Morgan fingerprint density at radius 1 is 1.44 bits per heavy atom. The molecule has 0 saturated carbocycles. The molecule has 0 radical (unpaired) electrons. The van der Waals surface area contributed by atoms with Gasteiger partial charge in [0.05, 0.1) is 5.92 Å². The summed E-state index contributed by atoms with van der Waals surface area (Å²) in [5.74, 6) is 0.0724. The lowest BCUT2D eigenvalue weighted by Crippen LogP contribution is -2.33. The van der Waals surface area contributed by atoms with Gasteiger partial charge in [0, 0.05) is 18.3 Å². The van der Waals surface area contributed by atoms with E-state index >= 15 is 0 Å². The van der Waals surface area contributed by atoms with Crippen molar-refractivity contribution in [2.45, 2.75) is 32.7 Å². The van der Waals surface area contributed by atoms with E-state index in [0.717, 1.165) is 18.5 Å². The maximum absolute atomic E-state index is 12.2. The highest BCUT2D eigenvalue weighted by molar-refractivity contribution is 5.94. The molecule has 1 aromatic carbocycles. The van der Waals surface area contributed by atoms with Crippen LogP contribution < -0.4 is 16.2 Å². The highest BCUT2D eigenvalue weighted by Gasteiger charge is 2.29. The van der Waals surface area contributed by atoms with Crippen LogP contribution >= 0.6 is 0 Å². The van der Waals surface area contributed by atoms with Crippen molar-refractivity contribution in [2.24, 2.45) is 5.92 Å². The number of hydrazine groups is 1. The molecule has 18 heavy (non-hydrogen) atoms. The van der Waals surface area contributed by atoms with Crippen LogP contribution in [-0.2, 0) is 11.2 Å². The number of benzene rings is 1. The number of hydrogen-bond acceptors (Lipinski definition) is 3. The van der Waals surface area contributed by atoms with Crippen LogP contribution in [0.25, 0.3) is 0 Å². The van der Waals surface area contributed by atoms with Gasteiger partial charge in [0.25, 0.3) is 0 Å². The Bertz CT molecular complexity index is 419. The van der Waals surface area contributed by atoms with Crippen molar-refractivity contribution in [3.8, 4) is 0 Å². The maximum Gasteiger partial charge on any atom is 0.230 e. The van der Waals surface area contributed by atoms with Crippen molar-refractivity contribution in [2.75, 3.05) is 11.9 Å². The van der Waals surface area contributed by atoms with E-state index in [1.165, 1.54) is 5.56 Å². The van der Waals surface area contributed by atoms with Gasteiger partial charge in [0.2, 0.25) is 5.91 Å². The van der Waals surface area contributed by atoms with E-state index < -0.39 is 0 Å². The smallest absolute Gasteiger partial charge is 0.230 e. The van der Waals surface area contributed by atoms with Crippen molar-refractivity contribution in [1.82, 2.24) is 10.9 Å². The molecular weight excluding hydrogens is 226 g/mol. The summed E-state index contributed by atoms with van der Waals surface area (Å²) in [6.07, 6.45) is 2.07. The minimum Gasteiger partial charge on any atom is -0.326 e. The monoisotopic (exact) mass is 247 g/mol. The minimum atomic E-state index is -0.0142. The van der Waals surface area contributed by atoms with Gasteiger partial charge in [-0.05, 0) is 25.0 Å². The Morgan fingerprint density at radius 3 is 2.89 bits per heavy atom. The third kappa shape index (κ3) is 2.89. The van der Waals surface area contributed by atoms with E-state index in [9.17, 15) is 4.79 Å². The second-order valence-corrected chi connectivity index (χ2v) is 4.82. The quantitative estimate of drug-likeness (QED) is 0.759. The Morgan fingerprint density at radius 2 is 2.22 bits per heavy atom. The number of nitrogens with one attached hydrogen (secondary N) is 3. The Balaban J connectivity index is 2.06. The number of carbonyl (C=O) groups excluding carboxylic acids is 1. The van der Waals surface area contributed by atoms with Crippen molar-refractivity contribution < 1.29 is 4.79 Å². The molecule has 1 saturated heterocycles. The number of rotatable bonds is 4. The second kappa shape index (κ2) is 5.98. The predicted octanol–water partition coefficient (Wildman–Crippen LogP) is 1.69. The highest BCUT2D eigenvalue weighted by Crippen LogP contribution is 2.19. The standard InChI is InChI=1S/C14H21N3O/c1-3-6-11-7-4-5-8-13(11)16-14(18)12-9-15-17-10(12)2/h4-5,7-8,10,12,15,17H,3,6,9H2,1-2H3,(H,16,18). The van der Waals surface area contributed by atoms with Crippen LogP contribution in [0, 0.1) is 5.92 Å². The fourth-order valence-electron chi connectivity index (χ4n) is 2.28. The number of aryl methyl sites for hydroxylation is 1. The first kappa shape index (κ1) is 13.1. The zero-order valence-corrected chi connectivity index (χ0v) is 11.0. The summed E-state index contributed by atoms with van der Waals surface area (Å²) < 4.78 is 0. The molecule has 2 unspecified atom stereocenters. The molecule has 2 rings (SSSR count). The van der Waals surface area contributed by atoms with Crippen molar-refractivity contribution in [1.29, 1.82) is 0 Å². The first-order chi connectivity index (χ1) is 8.72. The van der Waals surface area contributed by atoms with Gasteiger partial charge in [-0.2, -0.15) is 0 Å². The minimum absolute atomic E-state index is 0.0142. The molecule has 1 aliphatic heterocycles. The third-order valence-electron chi connectivity index (χ3n) is 3.39. The third-order valence-corrected chi connectivity index (χ3v) is 3.39. The number of anilines is 1. The summed E-state index contributed by atoms with van der Waals surface area (Å²) in [5.41, 5.74) is 8.24. The largest absolute Gasteiger partial charge is 0.326 e. The van der Waals surface area contributed by atoms with E-state index in [4.69, 9.17) is 0 Å². The molecule has 4 heteroatoms. The number of hydrogen-bond donors (Lipinski definition) is 3. The first-order valence-corrected chi connectivity index (χ1v) is 6.59. The highest BCUT2D eigenvalue weighted by atomic mass is 16.2. The van der Waals surface area contributed by atoms with Crippen LogP contribution in [0.2, 0.25) is 0 Å². The average Bonchev–Trinajstić information content (AvgIpc) is 2.78. The van der Waals surface area contributed by atoms with Gasteiger partial charge in [0.1, 0.15) is 0 Å². The van der Waals surface area contributed by atoms with Crippen LogP contribution in [0.3, 0.4) is 0 Å². The molecule has 98 valence electrons. The summed E-state index contributed by atoms with van der Waals surface area (Å²) in [6.45, 7) is 4.84. The zero-order valence-electron chi connectivity index (χ0n) is 11.0. The molecule has 0 bridgehead atoms. The Kier molecular flexibility index (Phi) is 4.33. The van der Waals surface area contributed by atoms with E-state index in [1.54, 1.807) is 0 Å². The topological polar surface area (TPSA) is 53.2 Å². The molecule has 0 aromatic heterocycles. The van der Waals surface area contributed by atoms with Gasteiger partial charge in [-0.25, -0.2) is 0 Å². The Labute approximate surface area is 108 Å². The zero-order chi connectivity index (χ0) is 13.0. The molecule has 3 N–H and O–H groups in total. The van der Waals surface area contributed by atoms with Crippen LogP contribution in [0.15, 0.2) is 24.3 Å². The number of para-hydroxylation sites is 1. The molecule has 1 aliphatic rings. The molecule has 1 aromatic rings. The van der Waals surface area contributed by atoms with Crippen LogP contribution in [-0.4, -0.2) is 18.5 Å².